The number of anilines is 1. The highest BCUT2D eigenvalue weighted by Gasteiger charge is 2.35. The summed E-state index contributed by atoms with van der Waals surface area (Å²) in [5, 5.41) is 2.88. The van der Waals surface area contributed by atoms with E-state index in [1.807, 2.05) is 13.8 Å². The van der Waals surface area contributed by atoms with E-state index in [9.17, 15) is 18.0 Å². The molecular weight excluding hydrogens is 430 g/mol. The third-order valence-electron chi connectivity index (χ3n) is 6.10. The van der Waals surface area contributed by atoms with Gasteiger partial charge < -0.3 is 15.0 Å². The zero-order valence-electron chi connectivity index (χ0n) is 19.2. The SMILES string of the molecule is CC1CCN(S(=O)(=O)c2ccc(N3C[C@H](C(=O)NCCCOC(C)C)CC3=O)cc2)CC1. The van der Waals surface area contributed by atoms with E-state index in [4.69, 9.17) is 4.74 Å². The van der Waals surface area contributed by atoms with Gasteiger partial charge in [-0.05, 0) is 63.3 Å². The third kappa shape index (κ3) is 6.08. The number of piperidine rings is 1. The molecular formula is C23H35N3O5S. The predicted molar refractivity (Wildman–Crippen MR) is 123 cm³/mol. The van der Waals surface area contributed by atoms with Crippen LogP contribution in [0.5, 0.6) is 0 Å². The van der Waals surface area contributed by atoms with E-state index in [0.717, 1.165) is 19.3 Å². The van der Waals surface area contributed by atoms with Gasteiger partial charge in [-0.3, -0.25) is 9.59 Å². The molecule has 2 aliphatic heterocycles. The maximum atomic E-state index is 12.9. The molecule has 8 nitrogen and oxygen atoms in total. The van der Waals surface area contributed by atoms with Gasteiger partial charge in [0.2, 0.25) is 21.8 Å². The summed E-state index contributed by atoms with van der Waals surface area (Å²) < 4.78 is 32.8. The Morgan fingerprint density at radius 1 is 1.19 bits per heavy atom. The van der Waals surface area contributed by atoms with Crippen LogP contribution in [0.2, 0.25) is 0 Å². The number of benzene rings is 1. The molecule has 1 atom stereocenters. The number of sulfonamides is 1. The van der Waals surface area contributed by atoms with Crippen molar-refractivity contribution >= 4 is 27.5 Å². The van der Waals surface area contributed by atoms with Crippen LogP contribution in [0.3, 0.4) is 0 Å². The summed E-state index contributed by atoms with van der Waals surface area (Å²) in [6.45, 7) is 8.54. The summed E-state index contributed by atoms with van der Waals surface area (Å²) in [5.74, 6) is -0.131. The molecule has 2 heterocycles. The lowest BCUT2D eigenvalue weighted by atomic mass is 10.0. The lowest BCUT2D eigenvalue weighted by Crippen LogP contribution is -2.37. The van der Waals surface area contributed by atoms with E-state index < -0.39 is 15.9 Å². The molecule has 1 N–H and O–H groups in total. The van der Waals surface area contributed by atoms with Crippen LogP contribution in [0.1, 0.15) is 46.5 Å². The molecule has 0 aromatic heterocycles. The predicted octanol–water partition coefficient (Wildman–Crippen LogP) is 2.39. The fraction of sp³-hybridized carbons (Fsp3) is 0.652. The second kappa shape index (κ2) is 10.8. The Kier molecular flexibility index (Phi) is 8.30. The van der Waals surface area contributed by atoms with Gasteiger partial charge in [-0.15, -0.1) is 0 Å². The largest absolute Gasteiger partial charge is 0.379 e. The zero-order valence-corrected chi connectivity index (χ0v) is 20.1. The molecule has 3 rings (SSSR count). The van der Waals surface area contributed by atoms with E-state index in [2.05, 4.69) is 12.2 Å². The fourth-order valence-electron chi connectivity index (χ4n) is 4.05. The monoisotopic (exact) mass is 465 g/mol. The average Bonchev–Trinajstić information content (AvgIpc) is 3.15. The Bertz CT molecular complexity index is 893. The number of carbonyl (C=O) groups excluding carboxylic acids is 2. The van der Waals surface area contributed by atoms with Crippen LogP contribution in [0, 0.1) is 11.8 Å². The highest BCUT2D eigenvalue weighted by molar-refractivity contribution is 7.89. The topological polar surface area (TPSA) is 96.0 Å². The van der Waals surface area contributed by atoms with E-state index in [1.54, 1.807) is 29.2 Å². The van der Waals surface area contributed by atoms with Crippen LogP contribution < -0.4 is 10.2 Å². The molecule has 1 aromatic rings. The van der Waals surface area contributed by atoms with Gasteiger partial charge in [0.15, 0.2) is 0 Å². The van der Waals surface area contributed by atoms with Crippen molar-refractivity contribution in [3.63, 3.8) is 0 Å². The summed E-state index contributed by atoms with van der Waals surface area (Å²) in [5.41, 5.74) is 0.613. The first-order valence-electron chi connectivity index (χ1n) is 11.5. The lowest BCUT2D eigenvalue weighted by molar-refractivity contribution is -0.126. The van der Waals surface area contributed by atoms with Crippen molar-refractivity contribution < 1.29 is 22.7 Å². The molecule has 32 heavy (non-hydrogen) atoms. The molecule has 2 fully saturated rings. The van der Waals surface area contributed by atoms with Crippen molar-refractivity contribution in [2.24, 2.45) is 11.8 Å². The van der Waals surface area contributed by atoms with Gasteiger partial charge in [-0.1, -0.05) is 6.92 Å². The molecule has 0 aliphatic carbocycles. The summed E-state index contributed by atoms with van der Waals surface area (Å²) >= 11 is 0. The smallest absolute Gasteiger partial charge is 0.243 e. The van der Waals surface area contributed by atoms with Gasteiger partial charge in [0.1, 0.15) is 0 Å². The van der Waals surface area contributed by atoms with Crippen LogP contribution >= 0.6 is 0 Å². The summed E-state index contributed by atoms with van der Waals surface area (Å²) in [7, 11) is -3.53. The maximum Gasteiger partial charge on any atom is 0.243 e. The van der Waals surface area contributed by atoms with Crippen molar-refractivity contribution in [2.45, 2.75) is 57.5 Å². The van der Waals surface area contributed by atoms with Crippen molar-refractivity contribution in [1.82, 2.24) is 9.62 Å². The molecule has 1 aromatic carbocycles. The first-order valence-corrected chi connectivity index (χ1v) is 12.9. The van der Waals surface area contributed by atoms with Gasteiger partial charge in [-0.2, -0.15) is 4.31 Å². The highest BCUT2D eigenvalue weighted by Crippen LogP contribution is 2.28. The van der Waals surface area contributed by atoms with Gasteiger partial charge in [0.25, 0.3) is 0 Å². The Hall–Kier alpha value is -1.97. The standard InChI is InChI=1S/C23H35N3O5S/c1-17(2)31-14-4-11-24-23(28)19-15-22(27)26(16-19)20-5-7-21(8-6-20)32(29,30)25-12-9-18(3)10-13-25/h5-8,17-19H,4,9-16H2,1-3H3,(H,24,28)/t19-/m1/s1. The number of amides is 2. The first kappa shape index (κ1) is 24.7. The van der Waals surface area contributed by atoms with E-state index in [1.165, 1.54) is 4.31 Å². The number of carbonyl (C=O) groups is 2. The molecule has 178 valence electrons. The molecule has 0 bridgehead atoms. The molecule has 2 aliphatic rings. The normalized spacial score (nSPS) is 20.8. The molecule has 0 saturated carbocycles. The van der Waals surface area contributed by atoms with Crippen molar-refractivity contribution in [1.29, 1.82) is 0 Å². The molecule has 0 radical (unpaired) electrons. The van der Waals surface area contributed by atoms with Crippen LogP contribution in [0.25, 0.3) is 0 Å². The van der Waals surface area contributed by atoms with Gasteiger partial charge >= 0.3 is 0 Å². The molecule has 0 unspecified atom stereocenters. The molecule has 2 amide bonds. The third-order valence-corrected chi connectivity index (χ3v) is 8.01. The van der Waals surface area contributed by atoms with Gasteiger partial charge in [0.05, 0.1) is 16.9 Å². The van der Waals surface area contributed by atoms with Crippen molar-refractivity contribution in [3.8, 4) is 0 Å². The summed E-state index contributed by atoms with van der Waals surface area (Å²) in [4.78, 5) is 26.7. The molecule has 2 saturated heterocycles. The zero-order chi connectivity index (χ0) is 23.3. The number of rotatable bonds is 9. The first-order chi connectivity index (χ1) is 15.2. The van der Waals surface area contributed by atoms with Crippen molar-refractivity contribution in [3.05, 3.63) is 24.3 Å². The minimum atomic E-state index is -3.53. The van der Waals surface area contributed by atoms with Crippen LogP contribution in [-0.2, 0) is 24.3 Å². The Balaban J connectivity index is 1.55. The lowest BCUT2D eigenvalue weighted by Gasteiger charge is -2.29. The average molecular weight is 466 g/mol. The van der Waals surface area contributed by atoms with E-state index >= 15 is 0 Å². The summed E-state index contributed by atoms with van der Waals surface area (Å²) in [6, 6.07) is 6.41. The van der Waals surface area contributed by atoms with Gasteiger partial charge in [0, 0.05) is 44.9 Å². The number of nitrogens with zero attached hydrogens (tertiary/aromatic N) is 2. The fourth-order valence-corrected chi connectivity index (χ4v) is 5.52. The van der Waals surface area contributed by atoms with Crippen LogP contribution in [0.15, 0.2) is 29.2 Å². The van der Waals surface area contributed by atoms with Crippen molar-refractivity contribution in [2.75, 3.05) is 37.7 Å². The number of ether oxygens (including phenoxy) is 1. The molecule has 9 heteroatoms. The second-order valence-corrected chi connectivity index (χ2v) is 11.0. The minimum absolute atomic E-state index is 0.131. The minimum Gasteiger partial charge on any atom is -0.379 e. The van der Waals surface area contributed by atoms with Crippen LogP contribution in [0.4, 0.5) is 5.69 Å². The number of nitrogens with one attached hydrogen (secondary N) is 1. The van der Waals surface area contributed by atoms with Gasteiger partial charge in [-0.25, -0.2) is 8.42 Å². The Morgan fingerprint density at radius 2 is 1.84 bits per heavy atom. The summed E-state index contributed by atoms with van der Waals surface area (Å²) in [6.07, 6.45) is 2.78. The van der Waals surface area contributed by atoms with E-state index in [0.29, 0.717) is 44.4 Å². The molecule has 0 spiro atoms. The highest BCUT2D eigenvalue weighted by atomic mass is 32.2. The quantitative estimate of drug-likeness (QED) is 0.565. The second-order valence-electron chi connectivity index (χ2n) is 9.05. The van der Waals surface area contributed by atoms with Crippen LogP contribution in [-0.4, -0.2) is 63.4 Å². The Labute approximate surface area is 191 Å². The van der Waals surface area contributed by atoms with E-state index in [-0.39, 0.29) is 29.2 Å². The number of hydrogen-bond donors (Lipinski definition) is 1. The Morgan fingerprint density at radius 3 is 2.47 bits per heavy atom. The maximum absolute atomic E-state index is 12.9. The number of hydrogen-bond acceptors (Lipinski definition) is 5.